The van der Waals surface area contributed by atoms with Crippen molar-refractivity contribution in [3.05, 3.63) is 48.0 Å². The molecule has 0 saturated heterocycles. The summed E-state index contributed by atoms with van der Waals surface area (Å²) in [7, 11) is 0. The molecule has 0 saturated carbocycles. The van der Waals surface area contributed by atoms with E-state index in [1.807, 2.05) is 0 Å². The van der Waals surface area contributed by atoms with Crippen molar-refractivity contribution in [2.24, 2.45) is 0 Å². The molecule has 1 aromatic heterocycles. The van der Waals surface area contributed by atoms with E-state index in [0.717, 1.165) is 12.1 Å². The average Bonchev–Trinajstić information content (AvgIpc) is 2.78. The number of nitrogens with two attached hydrogens (primary N) is 1. The van der Waals surface area contributed by atoms with Crippen molar-refractivity contribution >= 4 is 28.5 Å². The lowest BCUT2D eigenvalue weighted by Crippen LogP contribution is -1.93. The van der Waals surface area contributed by atoms with Crippen LogP contribution in [0.3, 0.4) is 0 Å². The quantitative estimate of drug-likeness (QED) is 0.694. The van der Waals surface area contributed by atoms with Crippen molar-refractivity contribution in [2.45, 2.75) is 0 Å². The number of nitrogens with one attached hydrogen (secondary N) is 1. The molecule has 0 bridgehead atoms. The van der Waals surface area contributed by atoms with Gasteiger partial charge >= 0.3 is 0 Å². The number of anilines is 3. The van der Waals surface area contributed by atoms with Crippen molar-refractivity contribution in [3.8, 4) is 0 Å². The number of rotatable bonds is 2. The minimum absolute atomic E-state index is 0.166. The SMILES string of the molecule is Nc1cccc2oc(Nc3ccc(F)c(F)c3)nc12. The van der Waals surface area contributed by atoms with Crippen LogP contribution in [-0.4, -0.2) is 4.98 Å². The Labute approximate surface area is 106 Å². The lowest BCUT2D eigenvalue weighted by molar-refractivity contribution is 0.509. The normalized spacial score (nSPS) is 10.8. The highest BCUT2D eigenvalue weighted by Crippen LogP contribution is 2.26. The minimum atomic E-state index is -0.944. The van der Waals surface area contributed by atoms with E-state index in [0.29, 0.717) is 22.5 Å². The van der Waals surface area contributed by atoms with E-state index in [1.54, 1.807) is 18.2 Å². The molecule has 3 aromatic rings. The number of fused-ring (bicyclic) bond motifs is 1. The second kappa shape index (κ2) is 4.24. The first kappa shape index (κ1) is 11.5. The molecular weight excluding hydrogens is 252 g/mol. The highest BCUT2D eigenvalue weighted by molar-refractivity contribution is 5.86. The van der Waals surface area contributed by atoms with Gasteiger partial charge in [0.25, 0.3) is 6.01 Å². The fourth-order valence-electron chi connectivity index (χ4n) is 1.72. The lowest BCUT2D eigenvalue weighted by Gasteiger charge is -2.01. The Morgan fingerprint density at radius 2 is 1.95 bits per heavy atom. The summed E-state index contributed by atoms with van der Waals surface area (Å²) >= 11 is 0. The molecule has 0 fully saturated rings. The summed E-state index contributed by atoms with van der Waals surface area (Å²) in [6.07, 6.45) is 0. The molecular formula is C13H9F2N3O. The van der Waals surface area contributed by atoms with Crippen LogP contribution in [0.1, 0.15) is 0 Å². The molecule has 6 heteroatoms. The first-order valence-electron chi connectivity index (χ1n) is 5.50. The number of benzene rings is 2. The van der Waals surface area contributed by atoms with Gasteiger partial charge in [-0.25, -0.2) is 8.78 Å². The van der Waals surface area contributed by atoms with Crippen LogP contribution < -0.4 is 11.1 Å². The molecule has 1 heterocycles. The number of hydrogen-bond donors (Lipinski definition) is 2. The smallest absolute Gasteiger partial charge is 0.300 e. The molecule has 0 atom stereocenters. The maximum absolute atomic E-state index is 13.1. The van der Waals surface area contributed by atoms with Gasteiger partial charge in [-0.3, -0.25) is 0 Å². The van der Waals surface area contributed by atoms with Crippen LogP contribution >= 0.6 is 0 Å². The lowest BCUT2D eigenvalue weighted by atomic mass is 10.3. The number of hydrogen-bond acceptors (Lipinski definition) is 4. The third-order valence-electron chi connectivity index (χ3n) is 2.62. The second-order valence-electron chi connectivity index (χ2n) is 3.97. The maximum atomic E-state index is 13.1. The van der Waals surface area contributed by atoms with Gasteiger partial charge in [-0.2, -0.15) is 4.98 Å². The Morgan fingerprint density at radius 1 is 1.11 bits per heavy atom. The predicted octanol–water partition coefficient (Wildman–Crippen LogP) is 3.43. The first-order chi connectivity index (χ1) is 9.13. The van der Waals surface area contributed by atoms with Gasteiger partial charge in [0.05, 0.1) is 5.69 Å². The Balaban J connectivity index is 1.96. The topological polar surface area (TPSA) is 64.1 Å². The fourth-order valence-corrected chi connectivity index (χ4v) is 1.72. The molecule has 96 valence electrons. The van der Waals surface area contributed by atoms with Crippen molar-refractivity contribution < 1.29 is 13.2 Å². The number of halogens is 2. The van der Waals surface area contributed by atoms with E-state index < -0.39 is 11.6 Å². The van der Waals surface area contributed by atoms with Crippen molar-refractivity contribution in [1.29, 1.82) is 0 Å². The highest BCUT2D eigenvalue weighted by atomic mass is 19.2. The molecule has 2 aromatic carbocycles. The summed E-state index contributed by atoms with van der Waals surface area (Å²) in [4.78, 5) is 4.14. The maximum Gasteiger partial charge on any atom is 0.300 e. The molecule has 19 heavy (non-hydrogen) atoms. The zero-order valence-corrected chi connectivity index (χ0v) is 9.65. The average molecular weight is 261 g/mol. The van der Waals surface area contributed by atoms with Gasteiger partial charge in [0.1, 0.15) is 5.52 Å². The van der Waals surface area contributed by atoms with Gasteiger partial charge in [0.15, 0.2) is 17.2 Å². The van der Waals surface area contributed by atoms with Gasteiger partial charge in [-0.15, -0.1) is 0 Å². The number of nitrogens with zero attached hydrogens (tertiary/aromatic N) is 1. The summed E-state index contributed by atoms with van der Waals surface area (Å²) in [6, 6.07) is 8.75. The third kappa shape index (κ3) is 2.08. The van der Waals surface area contributed by atoms with Gasteiger partial charge in [-0.1, -0.05) is 6.07 Å². The van der Waals surface area contributed by atoms with E-state index in [1.165, 1.54) is 6.07 Å². The highest BCUT2D eigenvalue weighted by Gasteiger charge is 2.09. The second-order valence-corrected chi connectivity index (χ2v) is 3.97. The monoisotopic (exact) mass is 261 g/mol. The summed E-state index contributed by atoms with van der Waals surface area (Å²) in [6.45, 7) is 0. The third-order valence-corrected chi connectivity index (χ3v) is 2.62. The number of nitrogen functional groups attached to an aromatic ring is 1. The van der Waals surface area contributed by atoms with Crippen LogP contribution in [-0.2, 0) is 0 Å². The summed E-state index contributed by atoms with van der Waals surface area (Å²) in [5.41, 5.74) is 7.61. The van der Waals surface area contributed by atoms with Gasteiger partial charge in [0, 0.05) is 11.8 Å². The van der Waals surface area contributed by atoms with Crippen LogP contribution in [0.2, 0.25) is 0 Å². The molecule has 3 N–H and O–H groups in total. The molecule has 3 rings (SSSR count). The molecule has 0 aliphatic carbocycles. The molecule has 0 aliphatic heterocycles. The standard InChI is InChI=1S/C13H9F2N3O/c14-8-5-4-7(6-9(8)15)17-13-18-12-10(16)2-1-3-11(12)19-13/h1-6H,16H2,(H,17,18). The Kier molecular flexibility index (Phi) is 2.56. The van der Waals surface area contributed by atoms with Crippen LogP contribution in [0.15, 0.2) is 40.8 Å². The Bertz CT molecular complexity index is 755. The largest absolute Gasteiger partial charge is 0.423 e. The van der Waals surface area contributed by atoms with Gasteiger partial charge < -0.3 is 15.5 Å². The van der Waals surface area contributed by atoms with E-state index in [-0.39, 0.29) is 6.01 Å². The number of oxazole rings is 1. The van der Waals surface area contributed by atoms with Gasteiger partial charge in [0.2, 0.25) is 0 Å². The Hall–Kier alpha value is -2.63. The zero-order valence-electron chi connectivity index (χ0n) is 9.65. The van der Waals surface area contributed by atoms with E-state index in [9.17, 15) is 8.78 Å². The zero-order chi connectivity index (χ0) is 13.4. The molecule has 0 spiro atoms. The number of para-hydroxylation sites is 1. The van der Waals surface area contributed by atoms with Gasteiger partial charge in [-0.05, 0) is 24.3 Å². The molecule has 0 aliphatic rings. The van der Waals surface area contributed by atoms with Crippen molar-refractivity contribution in [1.82, 2.24) is 4.98 Å². The van der Waals surface area contributed by atoms with Crippen LogP contribution in [0, 0.1) is 11.6 Å². The number of aromatic nitrogens is 1. The molecule has 0 unspecified atom stereocenters. The van der Waals surface area contributed by atoms with Crippen LogP contribution in [0.4, 0.5) is 26.2 Å². The molecule has 0 radical (unpaired) electrons. The van der Waals surface area contributed by atoms with E-state index in [2.05, 4.69) is 10.3 Å². The minimum Gasteiger partial charge on any atom is -0.423 e. The van der Waals surface area contributed by atoms with Crippen LogP contribution in [0.25, 0.3) is 11.1 Å². The Morgan fingerprint density at radius 3 is 2.68 bits per heavy atom. The summed E-state index contributed by atoms with van der Waals surface area (Å²) in [5, 5.41) is 2.75. The summed E-state index contributed by atoms with van der Waals surface area (Å²) in [5.74, 6) is -1.85. The van der Waals surface area contributed by atoms with Crippen LogP contribution in [0.5, 0.6) is 0 Å². The van der Waals surface area contributed by atoms with E-state index >= 15 is 0 Å². The first-order valence-corrected chi connectivity index (χ1v) is 5.50. The van der Waals surface area contributed by atoms with Crippen molar-refractivity contribution in [2.75, 3.05) is 11.1 Å². The predicted molar refractivity (Wildman–Crippen MR) is 68.1 cm³/mol. The summed E-state index contributed by atoms with van der Waals surface area (Å²) < 4.78 is 31.3. The fraction of sp³-hybridized carbons (Fsp3) is 0. The van der Waals surface area contributed by atoms with E-state index in [4.69, 9.17) is 10.2 Å². The van der Waals surface area contributed by atoms with Crippen molar-refractivity contribution in [3.63, 3.8) is 0 Å². The molecule has 4 nitrogen and oxygen atoms in total. The molecule has 0 amide bonds.